The van der Waals surface area contributed by atoms with Gasteiger partial charge in [-0.3, -0.25) is 10.1 Å². The highest BCUT2D eigenvalue weighted by atomic mass is 19.1. The molecule has 2 atom stereocenters. The SMILES string of the molecule is CC(C)(C)C(NCN1C(=O)NC2(CCc3ccccc3C2)C1=O)c1ccc(F)cc1. The number of imide groups is 1. The molecule has 1 heterocycles. The zero-order valence-electron chi connectivity index (χ0n) is 17.7. The molecule has 1 aliphatic carbocycles. The number of halogens is 1. The molecule has 2 aromatic carbocycles. The first-order valence-corrected chi connectivity index (χ1v) is 10.4. The van der Waals surface area contributed by atoms with Crippen LogP contribution >= 0.6 is 0 Å². The van der Waals surface area contributed by atoms with E-state index < -0.39 is 5.54 Å². The van der Waals surface area contributed by atoms with Crippen LogP contribution in [0, 0.1) is 11.2 Å². The van der Waals surface area contributed by atoms with Gasteiger partial charge in [-0.15, -0.1) is 0 Å². The fourth-order valence-electron chi connectivity index (χ4n) is 4.61. The van der Waals surface area contributed by atoms with Crippen LogP contribution in [0.25, 0.3) is 0 Å². The van der Waals surface area contributed by atoms with Crippen LogP contribution < -0.4 is 10.6 Å². The van der Waals surface area contributed by atoms with Gasteiger partial charge >= 0.3 is 6.03 Å². The van der Waals surface area contributed by atoms with E-state index >= 15 is 0 Å². The predicted molar refractivity (Wildman–Crippen MR) is 113 cm³/mol. The summed E-state index contributed by atoms with van der Waals surface area (Å²) in [7, 11) is 0. The molecule has 3 amide bonds. The van der Waals surface area contributed by atoms with Gasteiger partial charge in [-0.1, -0.05) is 57.2 Å². The normalized spacial score (nSPS) is 22.2. The van der Waals surface area contributed by atoms with Gasteiger partial charge in [0.15, 0.2) is 0 Å². The lowest BCUT2D eigenvalue weighted by atomic mass is 9.78. The Hall–Kier alpha value is -2.73. The average Bonchev–Trinajstić information content (AvgIpc) is 2.92. The first-order chi connectivity index (χ1) is 14.2. The Morgan fingerprint density at radius 2 is 1.77 bits per heavy atom. The summed E-state index contributed by atoms with van der Waals surface area (Å²) in [5.41, 5.74) is 2.22. The molecule has 1 fully saturated rings. The number of rotatable bonds is 4. The van der Waals surface area contributed by atoms with Gasteiger partial charge in [0.25, 0.3) is 5.91 Å². The van der Waals surface area contributed by atoms with E-state index in [0.29, 0.717) is 12.8 Å². The van der Waals surface area contributed by atoms with Gasteiger partial charge in [-0.25, -0.2) is 14.1 Å². The topological polar surface area (TPSA) is 61.4 Å². The minimum Gasteiger partial charge on any atom is -0.323 e. The summed E-state index contributed by atoms with van der Waals surface area (Å²) in [5, 5.41) is 6.33. The second-order valence-electron chi connectivity index (χ2n) is 9.40. The third kappa shape index (κ3) is 3.72. The predicted octanol–water partition coefficient (Wildman–Crippen LogP) is 3.94. The van der Waals surface area contributed by atoms with Gasteiger partial charge in [0, 0.05) is 12.5 Å². The van der Waals surface area contributed by atoms with E-state index in [4.69, 9.17) is 0 Å². The van der Waals surface area contributed by atoms with Crippen molar-refractivity contribution in [3.63, 3.8) is 0 Å². The van der Waals surface area contributed by atoms with Crippen molar-refractivity contribution < 1.29 is 14.0 Å². The molecule has 0 radical (unpaired) electrons. The van der Waals surface area contributed by atoms with Gasteiger partial charge in [0.1, 0.15) is 11.4 Å². The minimum absolute atomic E-state index is 0.105. The van der Waals surface area contributed by atoms with Gasteiger partial charge in [-0.2, -0.15) is 0 Å². The van der Waals surface area contributed by atoms with Gasteiger partial charge < -0.3 is 5.32 Å². The summed E-state index contributed by atoms with van der Waals surface area (Å²) in [6.45, 7) is 6.31. The van der Waals surface area contributed by atoms with E-state index in [9.17, 15) is 14.0 Å². The number of benzene rings is 2. The molecule has 158 valence electrons. The van der Waals surface area contributed by atoms with Crippen molar-refractivity contribution in [2.75, 3.05) is 6.67 Å². The molecule has 1 aliphatic heterocycles. The Kier molecular flexibility index (Phi) is 5.14. The highest BCUT2D eigenvalue weighted by Gasteiger charge is 2.52. The van der Waals surface area contributed by atoms with E-state index in [-0.39, 0.29) is 35.9 Å². The van der Waals surface area contributed by atoms with E-state index in [1.54, 1.807) is 12.1 Å². The maximum Gasteiger partial charge on any atom is 0.326 e. The molecule has 5 nitrogen and oxygen atoms in total. The van der Waals surface area contributed by atoms with Crippen molar-refractivity contribution in [1.82, 2.24) is 15.5 Å². The fraction of sp³-hybridized carbons (Fsp3) is 0.417. The van der Waals surface area contributed by atoms with E-state index in [2.05, 4.69) is 37.5 Å². The summed E-state index contributed by atoms with van der Waals surface area (Å²) in [6.07, 6.45) is 1.89. The van der Waals surface area contributed by atoms with Crippen molar-refractivity contribution in [2.45, 2.75) is 51.6 Å². The molecule has 2 unspecified atom stereocenters. The Morgan fingerprint density at radius 1 is 1.10 bits per heavy atom. The lowest BCUT2D eigenvalue weighted by molar-refractivity contribution is -0.132. The zero-order chi connectivity index (χ0) is 21.5. The molecular weight excluding hydrogens is 381 g/mol. The smallest absolute Gasteiger partial charge is 0.323 e. The largest absolute Gasteiger partial charge is 0.326 e. The summed E-state index contributed by atoms with van der Waals surface area (Å²) in [4.78, 5) is 27.3. The van der Waals surface area contributed by atoms with Crippen LogP contribution in [0.15, 0.2) is 48.5 Å². The Labute approximate surface area is 176 Å². The molecule has 0 saturated carbocycles. The number of nitrogens with zero attached hydrogens (tertiary/aromatic N) is 1. The van der Waals surface area contributed by atoms with Crippen LogP contribution in [0.5, 0.6) is 0 Å². The summed E-state index contributed by atoms with van der Waals surface area (Å²) >= 11 is 0. The summed E-state index contributed by atoms with van der Waals surface area (Å²) in [5.74, 6) is -0.471. The quantitative estimate of drug-likeness (QED) is 0.752. The molecule has 2 N–H and O–H groups in total. The number of fused-ring (bicyclic) bond motifs is 1. The molecule has 0 aromatic heterocycles. The Morgan fingerprint density at radius 3 is 2.43 bits per heavy atom. The Bertz CT molecular complexity index is 967. The number of aryl methyl sites for hydroxylation is 1. The highest BCUT2D eigenvalue weighted by Crippen LogP contribution is 2.35. The third-order valence-corrected chi connectivity index (χ3v) is 6.20. The highest BCUT2D eigenvalue weighted by molar-refractivity contribution is 6.07. The van der Waals surface area contributed by atoms with Crippen molar-refractivity contribution in [1.29, 1.82) is 0 Å². The average molecular weight is 410 g/mol. The number of carbonyl (C=O) groups excluding carboxylic acids is 2. The van der Waals surface area contributed by atoms with Crippen LogP contribution in [0.1, 0.15) is 49.9 Å². The molecule has 6 heteroatoms. The van der Waals surface area contributed by atoms with Crippen molar-refractivity contribution in [3.05, 3.63) is 71.0 Å². The number of carbonyl (C=O) groups is 2. The number of hydrogen-bond acceptors (Lipinski definition) is 3. The fourth-order valence-corrected chi connectivity index (χ4v) is 4.61. The minimum atomic E-state index is -0.861. The number of amides is 3. The molecule has 30 heavy (non-hydrogen) atoms. The van der Waals surface area contributed by atoms with Gasteiger partial charge in [0.2, 0.25) is 0 Å². The van der Waals surface area contributed by atoms with E-state index in [1.165, 1.54) is 22.6 Å². The molecule has 4 rings (SSSR count). The van der Waals surface area contributed by atoms with Crippen LogP contribution in [-0.4, -0.2) is 29.0 Å². The molecule has 0 bridgehead atoms. The van der Waals surface area contributed by atoms with Gasteiger partial charge in [-0.05, 0) is 47.1 Å². The monoisotopic (exact) mass is 409 g/mol. The Balaban J connectivity index is 1.51. The maximum atomic E-state index is 13.4. The molecule has 2 aromatic rings. The molecule has 1 spiro atoms. The lowest BCUT2D eigenvalue weighted by Crippen LogP contribution is -2.51. The van der Waals surface area contributed by atoms with Gasteiger partial charge in [0.05, 0.1) is 6.67 Å². The second kappa shape index (κ2) is 7.51. The number of hydrogen-bond donors (Lipinski definition) is 2. The zero-order valence-corrected chi connectivity index (χ0v) is 17.7. The second-order valence-corrected chi connectivity index (χ2v) is 9.40. The first-order valence-electron chi connectivity index (χ1n) is 10.4. The lowest BCUT2D eigenvalue weighted by Gasteiger charge is -2.34. The van der Waals surface area contributed by atoms with Crippen molar-refractivity contribution in [3.8, 4) is 0 Å². The first kappa shape index (κ1) is 20.5. The van der Waals surface area contributed by atoms with Crippen LogP contribution in [0.3, 0.4) is 0 Å². The molecular formula is C24H28FN3O2. The number of urea groups is 1. The van der Waals surface area contributed by atoms with Crippen LogP contribution in [0.4, 0.5) is 9.18 Å². The molecule has 2 aliphatic rings. The van der Waals surface area contributed by atoms with Crippen molar-refractivity contribution in [2.24, 2.45) is 5.41 Å². The maximum absolute atomic E-state index is 13.4. The third-order valence-electron chi connectivity index (χ3n) is 6.20. The summed E-state index contributed by atoms with van der Waals surface area (Å²) < 4.78 is 13.4. The molecule has 1 saturated heterocycles. The van der Waals surface area contributed by atoms with Crippen LogP contribution in [0.2, 0.25) is 0 Å². The van der Waals surface area contributed by atoms with E-state index in [0.717, 1.165) is 17.5 Å². The standard InChI is InChI=1S/C24H28FN3O2/c1-23(2,3)20(17-8-10-19(25)11-9-17)26-15-28-21(29)24(27-22(28)30)13-12-16-6-4-5-7-18(16)14-24/h4-11,20,26H,12-15H2,1-3H3,(H,27,30). The summed E-state index contributed by atoms with van der Waals surface area (Å²) in [6, 6.07) is 13.9. The van der Waals surface area contributed by atoms with E-state index in [1.807, 2.05) is 18.2 Å². The number of nitrogens with one attached hydrogen (secondary N) is 2. The van der Waals surface area contributed by atoms with Crippen molar-refractivity contribution >= 4 is 11.9 Å². The van der Waals surface area contributed by atoms with Crippen LogP contribution in [-0.2, 0) is 17.6 Å².